The molecule has 0 aliphatic carbocycles. The molecule has 0 aromatic heterocycles. The van der Waals surface area contributed by atoms with E-state index in [0.717, 1.165) is 19.3 Å². The fourth-order valence-electron chi connectivity index (χ4n) is 2.11. The molecule has 1 aliphatic rings. The van der Waals surface area contributed by atoms with Crippen LogP contribution in [0, 0.1) is 0 Å². The Labute approximate surface area is 127 Å². The third-order valence-corrected chi connectivity index (χ3v) is 5.64. The number of rotatable bonds is 5. The number of aliphatic hydroxyl groups is 1. The van der Waals surface area contributed by atoms with E-state index < -0.39 is 10.0 Å². The van der Waals surface area contributed by atoms with Crippen LogP contribution < -0.4 is 4.72 Å². The lowest BCUT2D eigenvalue weighted by atomic mass is 10.1. The molecular formula is C13H18BrNO4S. The fraction of sp³-hybridized carbons (Fsp3) is 0.538. The summed E-state index contributed by atoms with van der Waals surface area (Å²) in [6, 6.07) is 4.68. The monoisotopic (exact) mass is 363 g/mol. The maximum absolute atomic E-state index is 12.2. The predicted octanol–water partition coefficient (Wildman–Crippen LogP) is 1.79. The summed E-state index contributed by atoms with van der Waals surface area (Å²) in [5.74, 6) is 0. The Morgan fingerprint density at radius 3 is 2.80 bits per heavy atom. The normalized spacial score (nSPS) is 20.0. The SMILES string of the molecule is O=S(=O)(NCC1CCCCO1)c1ccc(CO)cc1Br. The standard InChI is InChI=1S/C13H18BrNO4S/c14-12-7-10(9-16)4-5-13(12)20(17,18)15-8-11-3-1-2-6-19-11/h4-5,7,11,15-16H,1-3,6,8-9H2. The summed E-state index contributed by atoms with van der Waals surface area (Å²) < 4.78 is 33.0. The highest BCUT2D eigenvalue weighted by Crippen LogP contribution is 2.23. The third-order valence-electron chi connectivity index (χ3n) is 3.24. The van der Waals surface area contributed by atoms with Gasteiger partial charge in [0.1, 0.15) is 0 Å². The molecule has 0 bridgehead atoms. The Bertz CT molecular complexity index is 555. The molecule has 20 heavy (non-hydrogen) atoms. The van der Waals surface area contributed by atoms with Gasteiger partial charge in [-0.25, -0.2) is 13.1 Å². The van der Waals surface area contributed by atoms with Gasteiger partial charge in [0.05, 0.1) is 17.6 Å². The molecule has 1 aromatic rings. The predicted molar refractivity (Wildman–Crippen MR) is 78.8 cm³/mol. The van der Waals surface area contributed by atoms with Crippen molar-refractivity contribution in [3.8, 4) is 0 Å². The van der Waals surface area contributed by atoms with Crippen molar-refractivity contribution in [3.63, 3.8) is 0 Å². The van der Waals surface area contributed by atoms with E-state index in [1.807, 2.05) is 0 Å². The average Bonchev–Trinajstić information content (AvgIpc) is 2.46. The van der Waals surface area contributed by atoms with Crippen molar-refractivity contribution in [2.24, 2.45) is 0 Å². The molecule has 7 heteroatoms. The molecule has 2 rings (SSSR count). The summed E-state index contributed by atoms with van der Waals surface area (Å²) >= 11 is 3.23. The van der Waals surface area contributed by atoms with Gasteiger partial charge in [0, 0.05) is 17.6 Å². The molecule has 0 radical (unpaired) electrons. The largest absolute Gasteiger partial charge is 0.392 e. The number of hydrogen-bond acceptors (Lipinski definition) is 4. The van der Waals surface area contributed by atoms with E-state index in [2.05, 4.69) is 20.7 Å². The molecule has 1 atom stereocenters. The first kappa shape index (κ1) is 15.9. The molecule has 1 unspecified atom stereocenters. The molecule has 0 amide bonds. The summed E-state index contributed by atoms with van der Waals surface area (Å²) in [6.07, 6.45) is 2.94. The van der Waals surface area contributed by atoms with Gasteiger partial charge in [0.2, 0.25) is 10.0 Å². The molecular weight excluding hydrogens is 346 g/mol. The van der Waals surface area contributed by atoms with Gasteiger partial charge in [0.25, 0.3) is 0 Å². The van der Waals surface area contributed by atoms with E-state index in [1.54, 1.807) is 12.1 Å². The fourth-order valence-corrected chi connectivity index (χ4v) is 4.30. The van der Waals surface area contributed by atoms with E-state index in [4.69, 9.17) is 9.84 Å². The Hall–Kier alpha value is -0.470. The smallest absolute Gasteiger partial charge is 0.241 e. The zero-order chi connectivity index (χ0) is 14.6. The van der Waals surface area contributed by atoms with Gasteiger partial charge in [-0.2, -0.15) is 0 Å². The van der Waals surface area contributed by atoms with E-state index in [-0.39, 0.29) is 24.2 Å². The zero-order valence-electron chi connectivity index (χ0n) is 11.0. The summed E-state index contributed by atoms with van der Waals surface area (Å²) in [7, 11) is -3.57. The van der Waals surface area contributed by atoms with Crippen LogP contribution in [0.4, 0.5) is 0 Å². The summed E-state index contributed by atoms with van der Waals surface area (Å²) in [5, 5.41) is 9.03. The third kappa shape index (κ3) is 4.02. The number of ether oxygens (including phenoxy) is 1. The van der Waals surface area contributed by atoms with Gasteiger partial charge in [-0.15, -0.1) is 0 Å². The van der Waals surface area contributed by atoms with Crippen LogP contribution in [0.1, 0.15) is 24.8 Å². The molecule has 5 nitrogen and oxygen atoms in total. The number of nitrogens with one attached hydrogen (secondary N) is 1. The second kappa shape index (κ2) is 7.00. The minimum atomic E-state index is -3.57. The van der Waals surface area contributed by atoms with Crippen molar-refractivity contribution < 1.29 is 18.3 Å². The number of sulfonamides is 1. The first-order chi connectivity index (χ1) is 9.53. The van der Waals surface area contributed by atoms with Crippen molar-refractivity contribution >= 4 is 26.0 Å². The van der Waals surface area contributed by atoms with Crippen molar-refractivity contribution in [1.29, 1.82) is 0 Å². The lowest BCUT2D eigenvalue weighted by Gasteiger charge is -2.22. The van der Waals surface area contributed by atoms with E-state index in [1.165, 1.54) is 6.07 Å². The molecule has 1 heterocycles. The van der Waals surface area contributed by atoms with Crippen LogP contribution in [-0.2, 0) is 21.4 Å². The Morgan fingerprint density at radius 1 is 1.40 bits per heavy atom. The molecule has 1 fully saturated rings. The van der Waals surface area contributed by atoms with Crippen LogP contribution in [-0.4, -0.2) is 32.8 Å². The zero-order valence-corrected chi connectivity index (χ0v) is 13.4. The molecule has 112 valence electrons. The van der Waals surface area contributed by atoms with Gasteiger partial charge in [0.15, 0.2) is 0 Å². The first-order valence-electron chi connectivity index (χ1n) is 6.53. The van der Waals surface area contributed by atoms with E-state index in [9.17, 15) is 8.42 Å². The molecule has 1 aliphatic heterocycles. The number of benzene rings is 1. The maximum Gasteiger partial charge on any atom is 0.241 e. The number of hydrogen-bond donors (Lipinski definition) is 2. The van der Waals surface area contributed by atoms with Gasteiger partial charge < -0.3 is 9.84 Å². The van der Waals surface area contributed by atoms with Crippen LogP contribution in [0.5, 0.6) is 0 Å². The minimum absolute atomic E-state index is 0.0472. The Morgan fingerprint density at radius 2 is 2.20 bits per heavy atom. The summed E-state index contributed by atoms with van der Waals surface area (Å²) in [4.78, 5) is 0.172. The van der Waals surface area contributed by atoms with Gasteiger partial charge in [-0.1, -0.05) is 6.07 Å². The summed E-state index contributed by atoms with van der Waals surface area (Å²) in [6.45, 7) is 0.861. The van der Waals surface area contributed by atoms with Crippen molar-refractivity contribution in [2.45, 2.75) is 36.9 Å². The van der Waals surface area contributed by atoms with Crippen LogP contribution in [0.25, 0.3) is 0 Å². The second-order valence-corrected chi connectivity index (χ2v) is 7.35. The van der Waals surface area contributed by atoms with Crippen LogP contribution in [0.15, 0.2) is 27.6 Å². The minimum Gasteiger partial charge on any atom is -0.392 e. The average molecular weight is 364 g/mol. The van der Waals surface area contributed by atoms with Crippen LogP contribution in [0.2, 0.25) is 0 Å². The van der Waals surface area contributed by atoms with E-state index in [0.29, 0.717) is 16.6 Å². The lowest BCUT2D eigenvalue weighted by Crippen LogP contribution is -2.35. The van der Waals surface area contributed by atoms with Gasteiger partial charge in [-0.3, -0.25) is 0 Å². The first-order valence-corrected chi connectivity index (χ1v) is 8.81. The van der Waals surface area contributed by atoms with Gasteiger partial charge >= 0.3 is 0 Å². The quantitative estimate of drug-likeness (QED) is 0.835. The maximum atomic E-state index is 12.2. The summed E-state index contributed by atoms with van der Waals surface area (Å²) in [5.41, 5.74) is 0.659. The van der Waals surface area contributed by atoms with Crippen molar-refractivity contribution in [2.75, 3.05) is 13.2 Å². The number of aliphatic hydroxyl groups excluding tert-OH is 1. The van der Waals surface area contributed by atoms with Crippen LogP contribution >= 0.6 is 15.9 Å². The molecule has 1 saturated heterocycles. The highest BCUT2D eigenvalue weighted by atomic mass is 79.9. The number of halogens is 1. The van der Waals surface area contributed by atoms with E-state index >= 15 is 0 Å². The molecule has 0 spiro atoms. The highest BCUT2D eigenvalue weighted by Gasteiger charge is 2.21. The molecule has 1 aromatic carbocycles. The van der Waals surface area contributed by atoms with Crippen molar-refractivity contribution in [1.82, 2.24) is 4.72 Å². The lowest BCUT2D eigenvalue weighted by molar-refractivity contribution is 0.0200. The Balaban J connectivity index is 2.05. The molecule has 2 N–H and O–H groups in total. The highest BCUT2D eigenvalue weighted by molar-refractivity contribution is 9.10. The van der Waals surface area contributed by atoms with Crippen molar-refractivity contribution in [3.05, 3.63) is 28.2 Å². The van der Waals surface area contributed by atoms with Crippen LogP contribution in [0.3, 0.4) is 0 Å². The van der Waals surface area contributed by atoms with Gasteiger partial charge in [-0.05, 0) is 52.9 Å². The second-order valence-electron chi connectivity index (χ2n) is 4.76. The Kier molecular flexibility index (Phi) is 5.57. The topological polar surface area (TPSA) is 75.6 Å². The molecule has 0 saturated carbocycles.